The second-order valence-corrected chi connectivity index (χ2v) is 4.09. The molecule has 0 saturated heterocycles. The smallest absolute Gasteiger partial charge is 0.277 e. The third-order valence-corrected chi connectivity index (χ3v) is 2.67. The molecule has 0 fully saturated rings. The molecule has 0 saturated carbocycles. The van der Waals surface area contributed by atoms with Gasteiger partial charge in [0.15, 0.2) is 11.5 Å². The molecule has 0 spiro atoms. The van der Waals surface area contributed by atoms with Crippen LogP contribution < -0.4 is 10.1 Å². The van der Waals surface area contributed by atoms with Crippen LogP contribution in [0.5, 0.6) is 5.75 Å². The molecule has 0 radical (unpaired) electrons. The number of ether oxygens (including phenoxy) is 1. The highest BCUT2D eigenvalue weighted by Crippen LogP contribution is 2.31. The Balaban J connectivity index is 3.09. The lowest BCUT2D eigenvalue weighted by atomic mass is 10.1. The van der Waals surface area contributed by atoms with Crippen LogP contribution in [-0.2, 0) is 16.2 Å². The minimum atomic E-state index is -0.855. The average Bonchev–Trinajstić information content (AvgIpc) is 2.38. The number of methoxy groups -OCH3 is 1. The molecule has 1 aromatic carbocycles. The largest absolute Gasteiger partial charge is 0.495 e. The molecule has 0 atom stereocenters. The van der Waals surface area contributed by atoms with Crippen molar-refractivity contribution in [2.45, 2.75) is 13.5 Å². The van der Waals surface area contributed by atoms with E-state index in [2.05, 4.69) is 5.32 Å². The van der Waals surface area contributed by atoms with Crippen LogP contribution in [0, 0.1) is 5.41 Å². The van der Waals surface area contributed by atoms with Gasteiger partial charge in [0, 0.05) is 18.6 Å². The Morgan fingerprint density at radius 3 is 2.58 bits per heavy atom. The molecule has 0 bridgehead atoms. The Morgan fingerprint density at radius 2 is 2.11 bits per heavy atom. The number of anilines is 1. The van der Waals surface area contributed by atoms with Crippen molar-refractivity contribution in [2.24, 2.45) is 0 Å². The summed E-state index contributed by atoms with van der Waals surface area (Å²) in [6, 6.07) is 2.85. The topological polar surface area (TPSA) is 99.5 Å². The first-order valence-corrected chi connectivity index (χ1v) is 5.66. The van der Waals surface area contributed by atoms with Gasteiger partial charge in [-0.05, 0) is 6.07 Å². The van der Waals surface area contributed by atoms with E-state index in [-0.39, 0.29) is 17.3 Å². The van der Waals surface area contributed by atoms with Gasteiger partial charge < -0.3 is 15.2 Å². The number of benzene rings is 1. The Morgan fingerprint density at radius 1 is 1.47 bits per heavy atom. The zero-order valence-electron chi connectivity index (χ0n) is 10.4. The lowest BCUT2D eigenvalue weighted by molar-refractivity contribution is -0.114. The molecule has 0 heterocycles. The molecule has 0 aliphatic rings. The van der Waals surface area contributed by atoms with Gasteiger partial charge in [0.2, 0.25) is 0 Å². The van der Waals surface area contributed by atoms with E-state index < -0.39 is 17.4 Å². The first-order chi connectivity index (χ1) is 8.90. The first kappa shape index (κ1) is 15.1. The molecule has 7 heteroatoms. The number of aliphatic hydroxyl groups excluding tert-OH is 1. The maximum absolute atomic E-state index is 11.6. The summed E-state index contributed by atoms with van der Waals surface area (Å²) in [5.74, 6) is -1.20. The van der Waals surface area contributed by atoms with E-state index in [4.69, 9.17) is 21.7 Å². The van der Waals surface area contributed by atoms with Crippen LogP contribution in [0.25, 0.3) is 0 Å². The predicted octanol–water partition coefficient (Wildman–Crippen LogP) is 1.39. The van der Waals surface area contributed by atoms with Gasteiger partial charge in [-0.25, -0.2) is 0 Å². The molecule has 0 aliphatic carbocycles. The highest BCUT2D eigenvalue weighted by molar-refractivity contribution is 6.66. The Labute approximate surface area is 114 Å². The summed E-state index contributed by atoms with van der Waals surface area (Å²) in [4.78, 5) is 22.5. The van der Waals surface area contributed by atoms with Crippen molar-refractivity contribution in [1.29, 1.82) is 5.41 Å². The van der Waals surface area contributed by atoms with Crippen LogP contribution in [0.3, 0.4) is 0 Å². The minimum Gasteiger partial charge on any atom is -0.495 e. The lowest BCUT2D eigenvalue weighted by Crippen LogP contribution is -2.27. The molecule has 1 rings (SSSR count). The monoisotopic (exact) mass is 284 g/mol. The van der Waals surface area contributed by atoms with Gasteiger partial charge in [-0.1, -0.05) is 11.6 Å². The van der Waals surface area contributed by atoms with E-state index in [9.17, 15) is 14.7 Å². The quantitative estimate of drug-likeness (QED) is 0.562. The van der Waals surface area contributed by atoms with Crippen molar-refractivity contribution in [1.82, 2.24) is 0 Å². The summed E-state index contributed by atoms with van der Waals surface area (Å²) in [5, 5.41) is 19.1. The minimum absolute atomic E-state index is 0.236. The highest BCUT2D eigenvalue weighted by atomic mass is 35.5. The van der Waals surface area contributed by atoms with Crippen molar-refractivity contribution in [3.05, 3.63) is 22.7 Å². The maximum Gasteiger partial charge on any atom is 0.277 e. The maximum atomic E-state index is 11.6. The fourth-order valence-corrected chi connectivity index (χ4v) is 1.61. The van der Waals surface area contributed by atoms with Gasteiger partial charge in [0.05, 0.1) is 24.4 Å². The van der Waals surface area contributed by atoms with Crippen molar-refractivity contribution < 1.29 is 19.4 Å². The number of Topliss-reactive ketones (excluding diaryl/α,β-unsaturated/α-hetero) is 1. The zero-order valence-corrected chi connectivity index (χ0v) is 11.2. The fraction of sp³-hybridized carbons (Fsp3) is 0.250. The second kappa shape index (κ2) is 6.31. The molecule has 0 aliphatic heterocycles. The number of carbonyl (C=O) groups is 2. The van der Waals surface area contributed by atoms with Crippen molar-refractivity contribution in [3.8, 4) is 5.75 Å². The fourth-order valence-electron chi connectivity index (χ4n) is 1.34. The number of ketones is 1. The van der Waals surface area contributed by atoms with Gasteiger partial charge in [-0.15, -0.1) is 0 Å². The molecule has 102 valence electrons. The van der Waals surface area contributed by atoms with Gasteiger partial charge in [-0.3, -0.25) is 15.0 Å². The summed E-state index contributed by atoms with van der Waals surface area (Å²) in [7, 11) is 1.41. The Bertz CT molecular complexity index is 543. The predicted molar refractivity (Wildman–Crippen MR) is 71.0 cm³/mol. The molecule has 1 aromatic rings. The van der Waals surface area contributed by atoms with Crippen LogP contribution in [-0.4, -0.2) is 29.6 Å². The summed E-state index contributed by atoms with van der Waals surface area (Å²) in [6.07, 6.45) is 0. The summed E-state index contributed by atoms with van der Waals surface area (Å²) in [5.41, 5.74) is -0.0759. The van der Waals surface area contributed by atoms with E-state index in [1.807, 2.05) is 0 Å². The van der Waals surface area contributed by atoms with Crippen LogP contribution in [0.2, 0.25) is 5.02 Å². The zero-order chi connectivity index (χ0) is 14.6. The van der Waals surface area contributed by atoms with Gasteiger partial charge in [-0.2, -0.15) is 0 Å². The number of aliphatic hydroxyl groups is 1. The molecular weight excluding hydrogens is 272 g/mol. The van der Waals surface area contributed by atoms with Crippen molar-refractivity contribution in [3.63, 3.8) is 0 Å². The SMILES string of the molecule is COc1cc(NC(=O)C(=N)C(C)=O)c(CO)cc1Cl. The summed E-state index contributed by atoms with van der Waals surface area (Å²) in [6.45, 7) is 0.768. The molecule has 0 unspecified atom stereocenters. The van der Waals surface area contributed by atoms with Crippen LogP contribution in [0.15, 0.2) is 12.1 Å². The van der Waals surface area contributed by atoms with Crippen molar-refractivity contribution in [2.75, 3.05) is 12.4 Å². The van der Waals surface area contributed by atoms with Gasteiger partial charge >= 0.3 is 0 Å². The number of halogens is 1. The van der Waals surface area contributed by atoms with Crippen LogP contribution in [0.1, 0.15) is 12.5 Å². The highest BCUT2D eigenvalue weighted by Gasteiger charge is 2.17. The van der Waals surface area contributed by atoms with E-state index in [0.717, 1.165) is 6.92 Å². The number of carbonyl (C=O) groups excluding carboxylic acids is 2. The number of hydrogen-bond donors (Lipinski definition) is 3. The second-order valence-electron chi connectivity index (χ2n) is 3.69. The van der Waals surface area contributed by atoms with Crippen LogP contribution >= 0.6 is 11.6 Å². The number of rotatable bonds is 5. The molecular formula is C12H13ClN2O4. The molecule has 1 amide bonds. The van der Waals surface area contributed by atoms with E-state index >= 15 is 0 Å². The van der Waals surface area contributed by atoms with E-state index in [0.29, 0.717) is 11.3 Å². The van der Waals surface area contributed by atoms with Gasteiger partial charge in [0.25, 0.3) is 5.91 Å². The molecule has 0 aromatic heterocycles. The standard InChI is InChI=1S/C12H13ClN2O4/c1-6(17)11(14)12(18)15-9-4-10(19-2)8(13)3-7(9)5-16/h3-4,14,16H,5H2,1-2H3,(H,15,18). The third-order valence-electron chi connectivity index (χ3n) is 2.38. The number of nitrogens with one attached hydrogen (secondary N) is 2. The van der Waals surface area contributed by atoms with Crippen molar-refractivity contribution >= 4 is 34.7 Å². The van der Waals surface area contributed by atoms with E-state index in [1.165, 1.54) is 19.2 Å². The molecule has 19 heavy (non-hydrogen) atoms. The first-order valence-electron chi connectivity index (χ1n) is 5.28. The normalized spacial score (nSPS) is 9.89. The molecule has 3 N–H and O–H groups in total. The lowest BCUT2D eigenvalue weighted by Gasteiger charge is -2.12. The third kappa shape index (κ3) is 3.52. The Kier molecular flexibility index (Phi) is 5.02. The van der Waals surface area contributed by atoms with Gasteiger partial charge in [0.1, 0.15) is 5.75 Å². The Hall–Kier alpha value is -1.92. The summed E-state index contributed by atoms with van der Waals surface area (Å²) >= 11 is 5.88. The average molecular weight is 285 g/mol. The summed E-state index contributed by atoms with van der Waals surface area (Å²) < 4.78 is 4.99. The molecule has 6 nitrogen and oxygen atoms in total. The van der Waals surface area contributed by atoms with Crippen LogP contribution in [0.4, 0.5) is 5.69 Å². The number of amides is 1. The van der Waals surface area contributed by atoms with E-state index in [1.54, 1.807) is 0 Å². The number of hydrogen-bond acceptors (Lipinski definition) is 5.